The summed E-state index contributed by atoms with van der Waals surface area (Å²) in [7, 11) is 0. The molecule has 2 rings (SSSR count). The minimum atomic E-state index is -4.06. The zero-order chi connectivity index (χ0) is 14.0. The van der Waals surface area contributed by atoms with Gasteiger partial charge in [0, 0.05) is 19.6 Å². The lowest BCUT2D eigenvalue weighted by Crippen LogP contribution is -2.33. The van der Waals surface area contributed by atoms with Crippen LogP contribution in [0.1, 0.15) is 42.9 Å². The van der Waals surface area contributed by atoms with E-state index in [2.05, 4.69) is 32.0 Å². The van der Waals surface area contributed by atoms with Crippen LogP contribution in [0.2, 0.25) is 0 Å². The smallest absolute Gasteiger partial charge is 0.298 e. The Morgan fingerprint density at radius 3 is 2.58 bits per heavy atom. The highest BCUT2D eigenvalue weighted by Gasteiger charge is 2.28. The number of rotatable bonds is 3. The van der Waals surface area contributed by atoms with Crippen LogP contribution in [0.5, 0.6) is 0 Å². The largest absolute Gasteiger partial charge is 0.390 e. The van der Waals surface area contributed by atoms with Gasteiger partial charge in [-0.25, -0.2) is 0 Å². The monoisotopic (exact) mass is 271 g/mol. The van der Waals surface area contributed by atoms with Gasteiger partial charge in [0.1, 0.15) is 0 Å². The Hall–Kier alpha value is -1.03. The molecule has 1 aliphatic rings. The van der Waals surface area contributed by atoms with Gasteiger partial charge in [0.05, 0.1) is 6.42 Å². The van der Waals surface area contributed by atoms with Gasteiger partial charge in [0.2, 0.25) is 0 Å². The van der Waals surface area contributed by atoms with E-state index in [0.717, 1.165) is 13.0 Å². The van der Waals surface area contributed by atoms with E-state index in [-0.39, 0.29) is 6.54 Å². The fourth-order valence-corrected chi connectivity index (χ4v) is 2.47. The molecular weight excluding hydrogens is 251 g/mol. The van der Waals surface area contributed by atoms with E-state index >= 15 is 0 Å². The van der Waals surface area contributed by atoms with Crippen molar-refractivity contribution in [1.82, 2.24) is 4.90 Å². The van der Waals surface area contributed by atoms with Crippen molar-refractivity contribution in [3.05, 3.63) is 34.9 Å². The fraction of sp³-hybridized carbons (Fsp3) is 0.600. The van der Waals surface area contributed by atoms with Crippen molar-refractivity contribution in [2.45, 2.75) is 45.3 Å². The molecule has 4 heteroatoms. The van der Waals surface area contributed by atoms with E-state index in [1.807, 2.05) is 4.90 Å². The number of alkyl halides is 3. The van der Waals surface area contributed by atoms with Crippen molar-refractivity contribution in [3.8, 4) is 0 Å². The number of hydrogen-bond donors (Lipinski definition) is 0. The first-order chi connectivity index (χ1) is 8.85. The van der Waals surface area contributed by atoms with Gasteiger partial charge < -0.3 is 0 Å². The molecule has 0 bridgehead atoms. The lowest BCUT2D eigenvalue weighted by molar-refractivity contribution is -0.138. The summed E-state index contributed by atoms with van der Waals surface area (Å²) in [6, 6.07) is 6.42. The van der Waals surface area contributed by atoms with Crippen molar-refractivity contribution in [1.29, 1.82) is 0 Å². The van der Waals surface area contributed by atoms with Gasteiger partial charge >= 0.3 is 6.18 Å². The molecule has 1 aromatic carbocycles. The van der Waals surface area contributed by atoms with Crippen molar-refractivity contribution in [2.75, 3.05) is 13.1 Å². The Labute approximate surface area is 112 Å². The normalized spacial score (nSPS) is 16.7. The van der Waals surface area contributed by atoms with Crippen molar-refractivity contribution >= 4 is 0 Å². The molecule has 0 amide bonds. The molecule has 0 saturated heterocycles. The molecule has 0 radical (unpaired) electrons. The van der Waals surface area contributed by atoms with Gasteiger partial charge in [0.15, 0.2) is 0 Å². The van der Waals surface area contributed by atoms with Crippen LogP contribution in [0.4, 0.5) is 13.2 Å². The minimum Gasteiger partial charge on any atom is -0.298 e. The van der Waals surface area contributed by atoms with E-state index in [9.17, 15) is 13.2 Å². The summed E-state index contributed by atoms with van der Waals surface area (Å²) in [5.74, 6) is 0.454. The minimum absolute atomic E-state index is 0.106. The highest BCUT2D eigenvalue weighted by Crippen LogP contribution is 2.26. The third kappa shape index (κ3) is 3.96. The number of benzene rings is 1. The van der Waals surface area contributed by atoms with Crippen LogP contribution in [0.3, 0.4) is 0 Å². The van der Waals surface area contributed by atoms with Crippen molar-refractivity contribution < 1.29 is 13.2 Å². The summed E-state index contributed by atoms with van der Waals surface area (Å²) in [6.07, 6.45) is -3.92. The van der Waals surface area contributed by atoms with Gasteiger partial charge in [0.25, 0.3) is 0 Å². The molecule has 1 nitrogen and oxygen atoms in total. The molecule has 0 saturated carbocycles. The van der Waals surface area contributed by atoms with Gasteiger partial charge in [-0.05, 0) is 29.0 Å². The Kier molecular flexibility index (Phi) is 4.19. The van der Waals surface area contributed by atoms with Gasteiger partial charge in [-0.3, -0.25) is 4.90 Å². The summed E-state index contributed by atoms with van der Waals surface area (Å²) < 4.78 is 36.7. The maximum Gasteiger partial charge on any atom is 0.390 e. The van der Waals surface area contributed by atoms with Crippen LogP contribution in [-0.2, 0) is 13.0 Å². The van der Waals surface area contributed by atoms with E-state index in [1.165, 1.54) is 16.7 Å². The molecule has 0 unspecified atom stereocenters. The van der Waals surface area contributed by atoms with E-state index < -0.39 is 12.6 Å². The number of halogens is 3. The summed E-state index contributed by atoms with van der Waals surface area (Å²) >= 11 is 0. The molecule has 0 N–H and O–H groups in total. The zero-order valence-corrected chi connectivity index (χ0v) is 11.4. The summed E-state index contributed by atoms with van der Waals surface area (Å²) in [6.45, 7) is 5.74. The number of hydrogen-bond acceptors (Lipinski definition) is 1. The third-order valence-electron chi connectivity index (χ3n) is 3.70. The zero-order valence-electron chi connectivity index (χ0n) is 11.4. The molecule has 1 aromatic rings. The molecule has 106 valence electrons. The van der Waals surface area contributed by atoms with Gasteiger partial charge in [-0.15, -0.1) is 0 Å². The van der Waals surface area contributed by atoms with E-state index in [4.69, 9.17) is 0 Å². The van der Waals surface area contributed by atoms with Crippen LogP contribution < -0.4 is 0 Å². The number of fused-ring (bicyclic) bond motifs is 1. The Morgan fingerprint density at radius 2 is 1.95 bits per heavy atom. The molecule has 0 aliphatic carbocycles. The lowest BCUT2D eigenvalue weighted by Gasteiger charge is -2.29. The van der Waals surface area contributed by atoms with E-state index in [1.54, 1.807) is 0 Å². The van der Waals surface area contributed by atoms with E-state index in [0.29, 0.717) is 12.5 Å². The fourth-order valence-electron chi connectivity index (χ4n) is 2.47. The SMILES string of the molecule is CC(C)c1ccc2c(c1)CN(CCC(F)(F)F)CC2. The Bertz CT molecular complexity index is 438. The summed E-state index contributed by atoms with van der Waals surface area (Å²) in [5.41, 5.74) is 3.74. The average Bonchev–Trinajstić information content (AvgIpc) is 2.34. The highest BCUT2D eigenvalue weighted by atomic mass is 19.4. The molecule has 1 heterocycles. The van der Waals surface area contributed by atoms with Crippen LogP contribution >= 0.6 is 0 Å². The maximum absolute atomic E-state index is 12.2. The maximum atomic E-state index is 12.2. The molecule has 0 aromatic heterocycles. The first kappa shape index (κ1) is 14.4. The second kappa shape index (κ2) is 5.53. The predicted octanol–water partition coefficient (Wildman–Crippen LogP) is 4.12. The lowest BCUT2D eigenvalue weighted by atomic mass is 9.93. The molecule has 1 aliphatic heterocycles. The second-order valence-electron chi connectivity index (χ2n) is 5.57. The number of nitrogens with zero attached hydrogens (tertiary/aromatic N) is 1. The van der Waals surface area contributed by atoms with Crippen LogP contribution in [0, 0.1) is 0 Å². The molecule has 19 heavy (non-hydrogen) atoms. The predicted molar refractivity (Wildman–Crippen MR) is 70.2 cm³/mol. The topological polar surface area (TPSA) is 3.24 Å². The average molecular weight is 271 g/mol. The van der Waals surface area contributed by atoms with Crippen LogP contribution in [0.15, 0.2) is 18.2 Å². The Balaban J connectivity index is 2.03. The third-order valence-corrected chi connectivity index (χ3v) is 3.70. The summed E-state index contributed by atoms with van der Waals surface area (Å²) in [4.78, 5) is 1.90. The molecular formula is C15H20F3N. The molecule has 0 spiro atoms. The highest BCUT2D eigenvalue weighted by molar-refractivity contribution is 5.35. The van der Waals surface area contributed by atoms with Crippen LogP contribution in [0.25, 0.3) is 0 Å². The molecule has 0 fully saturated rings. The van der Waals surface area contributed by atoms with Crippen molar-refractivity contribution in [2.24, 2.45) is 0 Å². The van der Waals surface area contributed by atoms with Crippen LogP contribution in [-0.4, -0.2) is 24.2 Å². The molecule has 0 atom stereocenters. The quantitative estimate of drug-likeness (QED) is 0.799. The Morgan fingerprint density at radius 1 is 1.21 bits per heavy atom. The standard InChI is InChI=1S/C15H20F3N/c1-11(2)13-4-3-12-5-7-19(10-14(12)9-13)8-6-15(16,17)18/h3-4,9,11H,5-8,10H2,1-2H3. The van der Waals surface area contributed by atoms with Gasteiger partial charge in [-0.1, -0.05) is 32.0 Å². The van der Waals surface area contributed by atoms with Gasteiger partial charge in [-0.2, -0.15) is 13.2 Å². The first-order valence-electron chi connectivity index (χ1n) is 6.76. The second-order valence-corrected chi connectivity index (χ2v) is 5.57. The summed E-state index contributed by atoms with van der Waals surface area (Å²) in [5, 5.41) is 0. The van der Waals surface area contributed by atoms with Crippen molar-refractivity contribution in [3.63, 3.8) is 0 Å². The first-order valence-corrected chi connectivity index (χ1v) is 6.76.